The summed E-state index contributed by atoms with van der Waals surface area (Å²) in [7, 11) is 0.382. The molecule has 2 N–H and O–H groups in total. The number of amides is 2. The number of hydrogen-bond acceptors (Lipinski definition) is 5. The first-order valence-corrected chi connectivity index (χ1v) is 9.95. The van der Waals surface area contributed by atoms with Crippen molar-refractivity contribution < 1.29 is 22.3 Å². The SMILES string of the molecule is CN(C)S(=O)(=O)N(C)C(C)(C)Oc1cc(F)cc(NC(=O)Nc2cccnc2)c1. The fourth-order valence-electron chi connectivity index (χ4n) is 2.30. The van der Waals surface area contributed by atoms with Crippen LogP contribution in [0.25, 0.3) is 0 Å². The van der Waals surface area contributed by atoms with Crippen LogP contribution >= 0.6 is 0 Å². The van der Waals surface area contributed by atoms with E-state index in [1.807, 2.05) is 0 Å². The van der Waals surface area contributed by atoms with Gasteiger partial charge in [0.1, 0.15) is 11.6 Å². The highest BCUT2D eigenvalue weighted by Gasteiger charge is 2.36. The molecule has 0 saturated heterocycles. The summed E-state index contributed by atoms with van der Waals surface area (Å²) >= 11 is 0. The van der Waals surface area contributed by atoms with E-state index in [4.69, 9.17) is 4.74 Å². The number of carbonyl (C=O) groups excluding carboxylic acids is 1. The van der Waals surface area contributed by atoms with E-state index in [2.05, 4.69) is 15.6 Å². The summed E-state index contributed by atoms with van der Waals surface area (Å²) < 4.78 is 46.5. The molecule has 29 heavy (non-hydrogen) atoms. The van der Waals surface area contributed by atoms with Crippen LogP contribution in [0.3, 0.4) is 0 Å². The second-order valence-corrected chi connectivity index (χ2v) is 8.98. The molecule has 0 aliphatic rings. The molecule has 9 nitrogen and oxygen atoms in total. The number of rotatable bonds is 7. The lowest BCUT2D eigenvalue weighted by Crippen LogP contribution is -2.52. The zero-order valence-corrected chi connectivity index (χ0v) is 17.6. The topological polar surface area (TPSA) is 104 Å². The van der Waals surface area contributed by atoms with Gasteiger partial charge in [0.25, 0.3) is 10.2 Å². The van der Waals surface area contributed by atoms with Gasteiger partial charge >= 0.3 is 6.03 Å². The molecular formula is C18H24FN5O4S. The highest BCUT2D eigenvalue weighted by molar-refractivity contribution is 7.86. The molecule has 0 saturated carbocycles. The molecule has 0 bridgehead atoms. The van der Waals surface area contributed by atoms with E-state index in [9.17, 15) is 17.6 Å². The Bertz CT molecular complexity index is 967. The van der Waals surface area contributed by atoms with Crippen molar-refractivity contribution in [1.29, 1.82) is 0 Å². The van der Waals surface area contributed by atoms with Crippen molar-refractivity contribution in [2.75, 3.05) is 31.8 Å². The lowest BCUT2D eigenvalue weighted by Gasteiger charge is -2.36. The van der Waals surface area contributed by atoms with Crippen molar-refractivity contribution in [1.82, 2.24) is 13.6 Å². The largest absolute Gasteiger partial charge is 0.472 e. The van der Waals surface area contributed by atoms with E-state index >= 15 is 0 Å². The monoisotopic (exact) mass is 425 g/mol. The smallest absolute Gasteiger partial charge is 0.323 e. The van der Waals surface area contributed by atoms with Gasteiger partial charge in [-0.05, 0) is 32.0 Å². The molecule has 0 fully saturated rings. The van der Waals surface area contributed by atoms with E-state index in [1.165, 1.54) is 47.3 Å². The van der Waals surface area contributed by atoms with Crippen LogP contribution in [-0.4, -0.2) is 54.9 Å². The first-order chi connectivity index (χ1) is 13.4. The van der Waals surface area contributed by atoms with Crippen molar-refractivity contribution in [3.05, 3.63) is 48.5 Å². The van der Waals surface area contributed by atoms with Crippen LogP contribution in [0, 0.1) is 5.82 Å². The molecule has 0 aliphatic heterocycles. The Morgan fingerprint density at radius 1 is 1.14 bits per heavy atom. The number of nitrogens with one attached hydrogen (secondary N) is 2. The average molecular weight is 425 g/mol. The Balaban J connectivity index is 2.17. The van der Waals surface area contributed by atoms with Gasteiger partial charge in [-0.25, -0.2) is 9.18 Å². The molecule has 1 heterocycles. The van der Waals surface area contributed by atoms with E-state index in [0.29, 0.717) is 5.69 Å². The van der Waals surface area contributed by atoms with Gasteiger partial charge in [-0.15, -0.1) is 0 Å². The number of benzene rings is 1. The van der Waals surface area contributed by atoms with E-state index in [1.54, 1.807) is 18.3 Å². The van der Waals surface area contributed by atoms with Crippen molar-refractivity contribution in [3.63, 3.8) is 0 Å². The highest BCUT2D eigenvalue weighted by atomic mass is 32.2. The molecule has 2 rings (SSSR count). The summed E-state index contributed by atoms with van der Waals surface area (Å²) in [4.78, 5) is 16.0. The lowest BCUT2D eigenvalue weighted by molar-refractivity contribution is 0.00969. The fourth-order valence-corrected chi connectivity index (χ4v) is 3.38. The van der Waals surface area contributed by atoms with Crippen molar-refractivity contribution in [2.45, 2.75) is 19.6 Å². The number of urea groups is 1. The zero-order chi connectivity index (χ0) is 21.8. The van der Waals surface area contributed by atoms with Gasteiger partial charge in [0.05, 0.1) is 11.9 Å². The van der Waals surface area contributed by atoms with Gasteiger partial charge in [0, 0.05) is 45.2 Å². The van der Waals surface area contributed by atoms with Crippen molar-refractivity contribution >= 4 is 27.6 Å². The lowest BCUT2D eigenvalue weighted by atomic mass is 10.2. The molecule has 158 valence electrons. The Morgan fingerprint density at radius 2 is 1.79 bits per heavy atom. The molecular weight excluding hydrogens is 401 g/mol. The summed E-state index contributed by atoms with van der Waals surface area (Å²) in [6.45, 7) is 3.06. The number of carbonyl (C=O) groups is 1. The predicted molar refractivity (Wildman–Crippen MR) is 108 cm³/mol. The maximum absolute atomic E-state index is 14.0. The van der Waals surface area contributed by atoms with Gasteiger partial charge in [-0.1, -0.05) is 0 Å². The van der Waals surface area contributed by atoms with Gasteiger partial charge in [-0.2, -0.15) is 17.0 Å². The standard InChI is InChI=1S/C18H24FN5O4S/c1-18(2,24(5)29(26,27)23(3)4)28-16-10-13(19)9-15(11-16)22-17(25)21-14-7-6-8-20-12-14/h6-12H,1-5H3,(H2,21,22,25). The van der Waals surface area contributed by atoms with E-state index in [0.717, 1.165) is 20.7 Å². The summed E-state index contributed by atoms with van der Waals surface area (Å²) in [5.41, 5.74) is -0.726. The Labute approximate surface area is 169 Å². The van der Waals surface area contributed by atoms with Gasteiger partial charge in [0.2, 0.25) is 0 Å². The second kappa shape index (κ2) is 8.72. The third-order valence-electron chi connectivity index (χ3n) is 3.98. The fraction of sp³-hybridized carbons (Fsp3) is 0.333. The van der Waals surface area contributed by atoms with Gasteiger partial charge in [-0.3, -0.25) is 4.98 Å². The van der Waals surface area contributed by atoms with Crippen LogP contribution in [0.1, 0.15) is 13.8 Å². The number of anilines is 2. The molecule has 2 aromatic rings. The molecule has 0 aliphatic carbocycles. The normalized spacial score (nSPS) is 12.1. The molecule has 11 heteroatoms. The number of pyridine rings is 1. The Kier molecular flexibility index (Phi) is 6.77. The maximum Gasteiger partial charge on any atom is 0.323 e. The summed E-state index contributed by atoms with van der Waals surface area (Å²) in [5.74, 6) is -0.611. The number of nitrogens with zero attached hydrogens (tertiary/aromatic N) is 3. The zero-order valence-electron chi connectivity index (χ0n) is 16.8. The minimum Gasteiger partial charge on any atom is -0.472 e. The first kappa shape index (κ1) is 22.5. The molecule has 0 radical (unpaired) electrons. The highest BCUT2D eigenvalue weighted by Crippen LogP contribution is 2.27. The third-order valence-corrected chi connectivity index (χ3v) is 6.04. The predicted octanol–water partition coefficient (Wildman–Crippen LogP) is 2.72. The van der Waals surface area contributed by atoms with E-state index < -0.39 is 27.8 Å². The quantitative estimate of drug-likeness (QED) is 0.664. The number of ether oxygens (including phenoxy) is 1. The molecule has 1 aromatic carbocycles. The van der Waals surface area contributed by atoms with Crippen molar-refractivity contribution in [2.24, 2.45) is 0 Å². The maximum atomic E-state index is 14.0. The Hall–Kier alpha value is -2.76. The minimum absolute atomic E-state index is 0.0486. The molecule has 0 atom stereocenters. The van der Waals surface area contributed by atoms with Gasteiger partial charge in [0.15, 0.2) is 5.72 Å². The van der Waals surface area contributed by atoms with Crippen LogP contribution in [0.15, 0.2) is 42.7 Å². The second-order valence-electron chi connectivity index (χ2n) is 6.80. The molecule has 2 amide bonds. The molecule has 1 aromatic heterocycles. The Morgan fingerprint density at radius 3 is 2.38 bits per heavy atom. The number of aromatic nitrogens is 1. The van der Waals surface area contributed by atoms with E-state index in [-0.39, 0.29) is 11.4 Å². The van der Waals surface area contributed by atoms with Gasteiger partial charge < -0.3 is 15.4 Å². The third kappa shape index (κ3) is 5.86. The summed E-state index contributed by atoms with van der Waals surface area (Å²) in [6.07, 6.45) is 3.03. The van der Waals surface area contributed by atoms with Crippen molar-refractivity contribution in [3.8, 4) is 5.75 Å². The summed E-state index contributed by atoms with van der Waals surface area (Å²) in [5, 5.41) is 5.06. The summed E-state index contributed by atoms with van der Waals surface area (Å²) in [6, 6.07) is 6.32. The first-order valence-electron chi connectivity index (χ1n) is 8.56. The van der Waals surface area contributed by atoms with Crippen LogP contribution in [-0.2, 0) is 10.2 Å². The molecule has 0 spiro atoms. The van der Waals surface area contributed by atoms with Crippen LogP contribution < -0.4 is 15.4 Å². The molecule has 0 unspecified atom stereocenters. The minimum atomic E-state index is -3.77. The van der Waals surface area contributed by atoms with Crippen LogP contribution in [0.2, 0.25) is 0 Å². The average Bonchev–Trinajstić information content (AvgIpc) is 2.60. The van der Waals surface area contributed by atoms with Crippen LogP contribution in [0.4, 0.5) is 20.6 Å². The number of hydrogen-bond donors (Lipinski definition) is 2. The number of halogens is 1. The van der Waals surface area contributed by atoms with Crippen LogP contribution in [0.5, 0.6) is 5.75 Å².